The maximum Gasteiger partial charge on any atom is 0.249 e. The monoisotopic (exact) mass is 246 g/mol. The summed E-state index contributed by atoms with van der Waals surface area (Å²) in [5, 5.41) is 2.93. The summed E-state index contributed by atoms with van der Waals surface area (Å²) in [4.78, 5) is 11.8. The molecule has 0 aromatic carbocycles. The molecule has 1 rings (SSSR count). The summed E-state index contributed by atoms with van der Waals surface area (Å²) in [5.74, 6) is -0.00178. The fourth-order valence-corrected chi connectivity index (χ4v) is 1.77. The average Bonchev–Trinajstić information content (AvgIpc) is 2.74. The number of nitrogens with one attached hydrogen (secondary N) is 1. The van der Waals surface area contributed by atoms with E-state index < -0.39 is 0 Å². The van der Waals surface area contributed by atoms with E-state index in [2.05, 4.69) is 19.2 Å². The molecule has 94 valence electrons. The number of rotatable bonds is 5. The molecule has 0 aromatic rings. The third-order valence-corrected chi connectivity index (χ3v) is 4.15. The first-order valence-corrected chi connectivity index (χ1v) is 6.89. The quantitative estimate of drug-likeness (QED) is 0.751. The van der Waals surface area contributed by atoms with Gasteiger partial charge in [-0.3, -0.25) is 4.79 Å². The van der Waals surface area contributed by atoms with E-state index in [1.54, 1.807) is 11.8 Å². The lowest BCUT2D eigenvalue weighted by Gasteiger charge is -2.23. The number of amides is 1. The number of hydrogen-bond acceptors (Lipinski definition) is 4. The number of carbonyl (C=O) groups is 1. The van der Waals surface area contributed by atoms with Crippen LogP contribution in [0.15, 0.2) is 0 Å². The molecule has 1 heterocycles. The molecule has 0 aromatic heterocycles. The molecule has 1 aliphatic heterocycles. The zero-order valence-electron chi connectivity index (χ0n) is 10.3. The van der Waals surface area contributed by atoms with E-state index in [0.29, 0.717) is 13.1 Å². The van der Waals surface area contributed by atoms with Gasteiger partial charge in [-0.05, 0) is 32.9 Å². The number of carbonyl (C=O) groups excluding carboxylic acids is 1. The van der Waals surface area contributed by atoms with Crippen LogP contribution in [0.25, 0.3) is 0 Å². The predicted octanol–water partition coefficient (Wildman–Crippen LogP) is 0.750. The van der Waals surface area contributed by atoms with Crippen molar-refractivity contribution in [2.75, 3.05) is 19.3 Å². The zero-order chi connectivity index (χ0) is 12.2. The number of hydrogen-bond donors (Lipinski definition) is 2. The molecule has 0 radical (unpaired) electrons. The summed E-state index contributed by atoms with van der Waals surface area (Å²) < 4.78 is 5.60. The summed E-state index contributed by atoms with van der Waals surface area (Å²) in [7, 11) is 0. The summed E-state index contributed by atoms with van der Waals surface area (Å²) >= 11 is 1.74. The molecule has 2 atom stereocenters. The first-order valence-electron chi connectivity index (χ1n) is 5.67. The van der Waals surface area contributed by atoms with Crippen LogP contribution < -0.4 is 11.1 Å². The zero-order valence-corrected chi connectivity index (χ0v) is 11.1. The molecule has 16 heavy (non-hydrogen) atoms. The molecule has 1 amide bonds. The minimum atomic E-state index is -0.300. The highest BCUT2D eigenvalue weighted by molar-refractivity contribution is 7.99. The molecule has 3 N–H and O–H groups in total. The van der Waals surface area contributed by atoms with Crippen molar-refractivity contribution in [3.05, 3.63) is 0 Å². The van der Waals surface area contributed by atoms with Crippen molar-refractivity contribution in [1.29, 1.82) is 0 Å². The van der Waals surface area contributed by atoms with E-state index in [0.717, 1.165) is 12.8 Å². The predicted molar refractivity (Wildman–Crippen MR) is 67.6 cm³/mol. The highest BCUT2D eigenvalue weighted by Crippen LogP contribution is 2.21. The summed E-state index contributed by atoms with van der Waals surface area (Å²) in [6, 6.07) is 0. The van der Waals surface area contributed by atoms with Gasteiger partial charge in [0.2, 0.25) is 5.91 Å². The molecule has 5 heteroatoms. The molecular formula is C11H22N2O2S. The molecule has 0 aliphatic carbocycles. The lowest BCUT2D eigenvalue weighted by Crippen LogP contribution is -2.41. The van der Waals surface area contributed by atoms with Gasteiger partial charge in [-0.15, -0.1) is 0 Å². The Morgan fingerprint density at radius 2 is 2.25 bits per heavy atom. The Bertz CT molecular complexity index is 246. The van der Waals surface area contributed by atoms with Gasteiger partial charge in [0.25, 0.3) is 0 Å². The van der Waals surface area contributed by atoms with Crippen LogP contribution in [0.5, 0.6) is 0 Å². The van der Waals surface area contributed by atoms with Crippen LogP contribution in [0.1, 0.15) is 26.7 Å². The van der Waals surface area contributed by atoms with Crippen LogP contribution in [-0.4, -0.2) is 42.2 Å². The Morgan fingerprint density at radius 3 is 2.75 bits per heavy atom. The Morgan fingerprint density at radius 1 is 1.56 bits per heavy atom. The van der Waals surface area contributed by atoms with Gasteiger partial charge in [-0.1, -0.05) is 0 Å². The van der Waals surface area contributed by atoms with Crippen molar-refractivity contribution >= 4 is 17.7 Å². The van der Waals surface area contributed by atoms with Crippen molar-refractivity contribution in [3.63, 3.8) is 0 Å². The van der Waals surface area contributed by atoms with Crippen molar-refractivity contribution < 1.29 is 9.53 Å². The number of thioether (sulfide) groups is 1. The van der Waals surface area contributed by atoms with Gasteiger partial charge in [-0.2, -0.15) is 11.8 Å². The normalized spacial score (nSPS) is 25.8. The first kappa shape index (κ1) is 13.8. The van der Waals surface area contributed by atoms with Gasteiger partial charge in [0, 0.05) is 17.8 Å². The minimum Gasteiger partial charge on any atom is -0.364 e. The fourth-order valence-electron chi connectivity index (χ4n) is 1.56. The Balaban J connectivity index is 2.31. The van der Waals surface area contributed by atoms with Gasteiger partial charge in [0.1, 0.15) is 6.10 Å². The van der Waals surface area contributed by atoms with Gasteiger partial charge in [0.15, 0.2) is 0 Å². The summed E-state index contributed by atoms with van der Waals surface area (Å²) in [6.45, 7) is 5.38. The SMILES string of the molecule is CSC(C)(C)CNC(=O)[C@@H]1CC[C@H](CN)O1. The summed E-state index contributed by atoms with van der Waals surface area (Å²) in [5.41, 5.74) is 5.50. The maximum atomic E-state index is 11.8. The molecule has 1 fully saturated rings. The van der Waals surface area contributed by atoms with E-state index in [4.69, 9.17) is 10.5 Å². The smallest absolute Gasteiger partial charge is 0.249 e. The third-order valence-electron chi connectivity index (χ3n) is 2.90. The largest absolute Gasteiger partial charge is 0.364 e. The number of ether oxygens (including phenoxy) is 1. The second kappa shape index (κ2) is 5.89. The molecule has 1 aliphatic rings. The van der Waals surface area contributed by atoms with Crippen molar-refractivity contribution in [1.82, 2.24) is 5.32 Å². The topological polar surface area (TPSA) is 64.4 Å². The Hall–Kier alpha value is -0.260. The summed E-state index contributed by atoms with van der Waals surface area (Å²) in [6.07, 6.45) is 3.48. The van der Waals surface area contributed by atoms with Crippen LogP contribution in [0.2, 0.25) is 0 Å². The average molecular weight is 246 g/mol. The van der Waals surface area contributed by atoms with E-state index in [1.165, 1.54) is 0 Å². The second-order valence-electron chi connectivity index (χ2n) is 4.74. The van der Waals surface area contributed by atoms with Crippen molar-refractivity contribution in [2.45, 2.75) is 43.6 Å². The molecular weight excluding hydrogens is 224 g/mol. The molecule has 4 nitrogen and oxygen atoms in total. The first-order chi connectivity index (χ1) is 7.48. The molecule has 1 saturated heterocycles. The highest BCUT2D eigenvalue weighted by atomic mass is 32.2. The van der Waals surface area contributed by atoms with Gasteiger partial charge < -0.3 is 15.8 Å². The standard InChI is InChI=1S/C11H22N2O2S/c1-11(2,16-3)7-13-10(14)9-5-4-8(6-12)15-9/h8-9H,4-7,12H2,1-3H3,(H,13,14)/t8-,9+/m1/s1. The Kier molecular flexibility index (Phi) is 5.08. The fraction of sp³-hybridized carbons (Fsp3) is 0.909. The van der Waals surface area contributed by atoms with Crippen LogP contribution in [0, 0.1) is 0 Å². The lowest BCUT2D eigenvalue weighted by molar-refractivity contribution is -0.131. The van der Waals surface area contributed by atoms with Gasteiger partial charge in [-0.25, -0.2) is 0 Å². The molecule has 0 unspecified atom stereocenters. The van der Waals surface area contributed by atoms with Crippen molar-refractivity contribution in [2.24, 2.45) is 5.73 Å². The van der Waals surface area contributed by atoms with Crippen LogP contribution in [0.3, 0.4) is 0 Å². The van der Waals surface area contributed by atoms with Gasteiger partial charge in [0.05, 0.1) is 6.10 Å². The van der Waals surface area contributed by atoms with Crippen LogP contribution in [0.4, 0.5) is 0 Å². The molecule has 0 bridgehead atoms. The third kappa shape index (κ3) is 3.96. The highest BCUT2D eigenvalue weighted by Gasteiger charge is 2.30. The van der Waals surface area contributed by atoms with Crippen molar-refractivity contribution in [3.8, 4) is 0 Å². The number of nitrogens with two attached hydrogens (primary N) is 1. The Labute approximate surface area is 102 Å². The van der Waals surface area contributed by atoms with E-state index in [1.807, 2.05) is 6.26 Å². The van der Waals surface area contributed by atoms with Crippen LogP contribution >= 0.6 is 11.8 Å². The maximum absolute atomic E-state index is 11.8. The second-order valence-corrected chi connectivity index (χ2v) is 6.25. The van der Waals surface area contributed by atoms with Crippen LogP contribution in [-0.2, 0) is 9.53 Å². The molecule has 0 spiro atoms. The van der Waals surface area contributed by atoms with E-state index in [-0.39, 0.29) is 22.9 Å². The van der Waals surface area contributed by atoms with Gasteiger partial charge >= 0.3 is 0 Å². The lowest BCUT2D eigenvalue weighted by atomic mass is 10.1. The van der Waals surface area contributed by atoms with E-state index in [9.17, 15) is 4.79 Å². The minimum absolute atomic E-state index is 0.00178. The molecule has 0 saturated carbocycles. The van der Waals surface area contributed by atoms with E-state index >= 15 is 0 Å².